The van der Waals surface area contributed by atoms with Crippen molar-refractivity contribution in [1.29, 1.82) is 0 Å². The molecule has 2 N–H and O–H groups in total. The van der Waals surface area contributed by atoms with Gasteiger partial charge in [0.2, 0.25) is 0 Å². The predicted molar refractivity (Wildman–Crippen MR) is 119 cm³/mol. The van der Waals surface area contributed by atoms with E-state index in [-0.39, 0.29) is 17.4 Å². The van der Waals surface area contributed by atoms with Gasteiger partial charge in [-0.25, -0.2) is 4.79 Å². The Morgan fingerprint density at radius 1 is 1.03 bits per heavy atom. The molecule has 3 rings (SSSR count). The first-order chi connectivity index (χ1) is 16.4. The van der Waals surface area contributed by atoms with Crippen LogP contribution >= 0.6 is 0 Å². The number of hydrogen-bond donors (Lipinski definition) is 2. The molecule has 1 aliphatic carbocycles. The number of halogens is 3. The fraction of sp³-hybridized carbons (Fsp3) is 0.375. The Morgan fingerprint density at radius 2 is 1.57 bits per heavy atom. The highest BCUT2D eigenvalue weighted by Crippen LogP contribution is 2.44. The smallest absolute Gasteiger partial charge is 0.408 e. The van der Waals surface area contributed by atoms with Crippen LogP contribution in [-0.4, -0.2) is 73.1 Å². The van der Waals surface area contributed by atoms with E-state index >= 15 is 0 Å². The van der Waals surface area contributed by atoms with Crippen LogP contribution < -0.4 is 5.32 Å². The zero-order valence-electron chi connectivity index (χ0n) is 19.1. The first kappa shape index (κ1) is 26.0. The molecular formula is C24H25F3N2O6. The number of alkyl carbamates (subject to hydrolysis) is 1. The standard InChI is InChI=1S/C24H25F3N2O6/c1-23(14-34-2,21(32)29(11-20(30)31)13-24(25,26)27)28-22(33)35-12-19-17-9-5-3-7-15(17)16-8-4-6-10-18(16)19/h3-10,19H,11-14H2,1-2H3,(H,28,33)(H,30,31). The predicted octanol–water partition coefficient (Wildman–Crippen LogP) is 3.41. The van der Waals surface area contributed by atoms with Crippen molar-refractivity contribution in [3.8, 4) is 11.1 Å². The molecule has 0 spiro atoms. The molecule has 1 unspecified atom stereocenters. The number of rotatable bonds is 9. The normalized spacial score (nSPS) is 14.4. The molecule has 0 saturated heterocycles. The largest absolute Gasteiger partial charge is 0.480 e. The van der Waals surface area contributed by atoms with Gasteiger partial charge >= 0.3 is 18.2 Å². The van der Waals surface area contributed by atoms with Gasteiger partial charge in [-0.2, -0.15) is 13.2 Å². The van der Waals surface area contributed by atoms with E-state index in [2.05, 4.69) is 5.32 Å². The van der Waals surface area contributed by atoms with Gasteiger partial charge in [0, 0.05) is 13.0 Å². The highest BCUT2D eigenvalue weighted by molar-refractivity contribution is 5.91. The molecule has 8 nitrogen and oxygen atoms in total. The number of alkyl halides is 3. The van der Waals surface area contributed by atoms with Crippen LogP contribution in [0.25, 0.3) is 11.1 Å². The monoisotopic (exact) mass is 494 g/mol. The van der Waals surface area contributed by atoms with Crippen molar-refractivity contribution in [3.63, 3.8) is 0 Å². The summed E-state index contributed by atoms with van der Waals surface area (Å²) in [5.74, 6) is -3.18. The summed E-state index contributed by atoms with van der Waals surface area (Å²) in [4.78, 5) is 36.7. The van der Waals surface area contributed by atoms with E-state index in [0.29, 0.717) is 0 Å². The number of methoxy groups -OCH3 is 1. The second-order valence-electron chi connectivity index (χ2n) is 8.39. The third kappa shape index (κ3) is 6.10. The SMILES string of the molecule is COCC(C)(NC(=O)OCC1c2ccccc2-c2ccccc21)C(=O)N(CC(=O)O)CC(F)(F)F. The van der Waals surface area contributed by atoms with Crippen molar-refractivity contribution < 1.29 is 42.1 Å². The van der Waals surface area contributed by atoms with Crippen LogP contribution in [-0.2, 0) is 19.1 Å². The van der Waals surface area contributed by atoms with Gasteiger partial charge in [-0.05, 0) is 29.2 Å². The van der Waals surface area contributed by atoms with Crippen molar-refractivity contribution in [3.05, 3.63) is 59.7 Å². The molecule has 0 saturated carbocycles. The lowest BCUT2D eigenvalue weighted by Crippen LogP contribution is -2.62. The van der Waals surface area contributed by atoms with Gasteiger partial charge in [0.25, 0.3) is 5.91 Å². The Labute approximate surface area is 199 Å². The van der Waals surface area contributed by atoms with Crippen LogP contribution in [0.3, 0.4) is 0 Å². The molecule has 2 aromatic carbocycles. The summed E-state index contributed by atoms with van der Waals surface area (Å²) in [6.07, 6.45) is -5.90. The molecule has 0 aliphatic heterocycles. The Bertz CT molecular complexity index is 1060. The van der Waals surface area contributed by atoms with Crippen molar-refractivity contribution in [2.45, 2.75) is 24.6 Å². The third-order valence-corrected chi connectivity index (χ3v) is 5.61. The first-order valence-electron chi connectivity index (χ1n) is 10.6. The zero-order valence-corrected chi connectivity index (χ0v) is 19.1. The van der Waals surface area contributed by atoms with E-state index < -0.39 is 49.4 Å². The number of carbonyl (C=O) groups excluding carboxylic acids is 2. The molecule has 0 bridgehead atoms. The Morgan fingerprint density at radius 3 is 2.06 bits per heavy atom. The minimum Gasteiger partial charge on any atom is -0.480 e. The van der Waals surface area contributed by atoms with E-state index in [1.807, 2.05) is 48.5 Å². The van der Waals surface area contributed by atoms with Gasteiger partial charge in [0.1, 0.15) is 25.2 Å². The van der Waals surface area contributed by atoms with Gasteiger partial charge in [0.05, 0.1) is 6.61 Å². The summed E-state index contributed by atoms with van der Waals surface area (Å²) in [7, 11) is 1.19. The number of carboxylic acids is 1. The summed E-state index contributed by atoms with van der Waals surface area (Å²) in [6, 6.07) is 15.3. The van der Waals surface area contributed by atoms with E-state index in [4.69, 9.17) is 14.6 Å². The van der Waals surface area contributed by atoms with Crippen molar-refractivity contribution in [2.75, 3.05) is 33.4 Å². The molecule has 35 heavy (non-hydrogen) atoms. The molecule has 2 aromatic rings. The maximum absolute atomic E-state index is 13.0. The average molecular weight is 494 g/mol. The lowest BCUT2D eigenvalue weighted by atomic mass is 9.98. The number of fused-ring (bicyclic) bond motifs is 3. The average Bonchev–Trinajstić information content (AvgIpc) is 3.09. The summed E-state index contributed by atoms with van der Waals surface area (Å²) in [6.45, 7) is -2.46. The van der Waals surface area contributed by atoms with Gasteiger partial charge in [-0.3, -0.25) is 9.59 Å². The maximum Gasteiger partial charge on any atom is 0.408 e. The zero-order chi connectivity index (χ0) is 25.8. The Balaban J connectivity index is 1.75. The molecule has 0 aromatic heterocycles. The summed E-state index contributed by atoms with van der Waals surface area (Å²) in [5, 5.41) is 11.2. The summed E-state index contributed by atoms with van der Waals surface area (Å²) >= 11 is 0. The van der Waals surface area contributed by atoms with Crippen LogP contribution in [0.1, 0.15) is 24.0 Å². The molecule has 1 aliphatic rings. The summed E-state index contributed by atoms with van der Waals surface area (Å²) in [5.41, 5.74) is 1.92. The number of benzene rings is 2. The van der Waals surface area contributed by atoms with Crippen LogP contribution in [0, 0.1) is 0 Å². The highest BCUT2D eigenvalue weighted by atomic mass is 19.4. The Kier molecular flexibility index (Phi) is 7.69. The van der Waals surface area contributed by atoms with Crippen LogP contribution in [0.15, 0.2) is 48.5 Å². The topological polar surface area (TPSA) is 105 Å². The number of aliphatic carboxylic acids is 1. The van der Waals surface area contributed by atoms with Crippen molar-refractivity contribution in [2.24, 2.45) is 0 Å². The number of nitrogens with one attached hydrogen (secondary N) is 1. The van der Waals surface area contributed by atoms with Crippen molar-refractivity contribution >= 4 is 18.0 Å². The van der Waals surface area contributed by atoms with Gasteiger partial charge in [-0.1, -0.05) is 48.5 Å². The fourth-order valence-corrected chi connectivity index (χ4v) is 4.23. The summed E-state index contributed by atoms with van der Waals surface area (Å²) < 4.78 is 49.2. The minimum atomic E-state index is -4.84. The number of hydrogen-bond acceptors (Lipinski definition) is 5. The molecular weight excluding hydrogens is 469 g/mol. The first-order valence-corrected chi connectivity index (χ1v) is 10.6. The van der Waals surface area contributed by atoms with Crippen LogP contribution in [0.5, 0.6) is 0 Å². The van der Waals surface area contributed by atoms with Crippen LogP contribution in [0.2, 0.25) is 0 Å². The third-order valence-electron chi connectivity index (χ3n) is 5.61. The fourth-order valence-electron chi connectivity index (χ4n) is 4.23. The number of carboxylic acid groups (broad SMARTS) is 1. The van der Waals surface area contributed by atoms with E-state index in [9.17, 15) is 27.6 Å². The molecule has 11 heteroatoms. The van der Waals surface area contributed by atoms with Gasteiger partial charge in [0.15, 0.2) is 0 Å². The lowest BCUT2D eigenvalue weighted by Gasteiger charge is -2.34. The molecule has 0 radical (unpaired) electrons. The highest BCUT2D eigenvalue weighted by Gasteiger charge is 2.43. The quantitative estimate of drug-likeness (QED) is 0.554. The minimum absolute atomic E-state index is 0.0848. The Hall–Kier alpha value is -3.60. The molecule has 1 atom stereocenters. The molecule has 0 fully saturated rings. The van der Waals surface area contributed by atoms with E-state index in [1.54, 1.807) is 0 Å². The number of amides is 2. The van der Waals surface area contributed by atoms with Gasteiger partial charge in [-0.15, -0.1) is 0 Å². The van der Waals surface area contributed by atoms with Gasteiger partial charge < -0.3 is 24.8 Å². The lowest BCUT2D eigenvalue weighted by molar-refractivity contribution is -0.170. The van der Waals surface area contributed by atoms with Crippen molar-refractivity contribution in [1.82, 2.24) is 10.2 Å². The number of nitrogens with zero attached hydrogens (tertiary/aromatic N) is 1. The maximum atomic E-state index is 13.0. The molecule has 0 heterocycles. The second-order valence-corrected chi connectivity index (χ2v) is 8.39. The van der Waals surface area contributed by atoms with E-state index in [1.165, 1.54) is 7.11 Å². The van der Waals surface area contributed by atoms with Crippen LogP contribution in [0.4, 0.5) is 18.0 Å². The van der Waals surface area contributed by atoms with E-state index in [0.717, 1.165) is 29.2 Å². The number of carbonyl (C=O) groups is 3. The molecule has 2 amide bonds. The number of ether oxygens (including phenoxy) is 2. The molecule has 188 valence electrons. The second kappa shape index (κ2) is 10.3.